The summed E-state index contributed by atoms with van der Waals surface area (Å²) in [6, 6.07) is 0. The molecule has 1 aliphatic carbocycles. The van der Waals surface area contributed by atoms with E-state index in [1.807, 2.05) is 0 Å². The van der Waals surface area contributed by atoms with Gasteiger partial charge in [-0.1, -0.05) is 20.8 Å². The summed E-state index contributed by atoms with van der Waals surface area (Å²) in [6.45, 7) is 11.9. The van der Waals surface area contributed by atoms with Gasteiger partial charge in [0, 0.05) is 4.75 Å². The fraction of sp³-hybridized carbons (Fsp3) is 1.00. The third-order valence-corrected chi connectivity index (χ3v) is 11.3. The summed E-state index contributed by atoms with van der Waals surface area (Å²) in [5.74, 6) is 1.36. The number of hydrogen-bond donors (Lipinski definition) is 0. The summed E-state index contributed by atoms with van der Waals surface area (Å²) in [6.07, 6.45) is 7.44. The van der Waals surface area contributed by atoms with Crippen molar-refractivity contribution in [1.29, 1.82) is 0 Å². The smallest absolute Gasteiger partial charge is 0.192 e. The number of thioether (sulfide) groups is 1. The lowest BCUT2D eigenvalue weighted by Gasteiger charge is -2.42. The summed E-state index contributed by atoms with van der Waals surface area (Å²) in [7, 11) is -1.58. The van der Waals surface area contributed by atoms with Crippen molar-refractivity contribution in [3.8, 4) is 0 Å². The van der Waals surface area contributed by atoms with E-state index >= 15 is 0 Å². The largest absolute Gasteiger partial charge is 0.413 e. The highest BCUT2D eigenvalue weighted by molar-refractivity contribution is 8.01. The Morgan fingerprint density at radius 3 is 2.35 bits per heavy atom. The summed E-state index contributed by atoms with van der Waals surface area (Å²) in [5, 5.41) is 0.347. The molecule has 0 unspecified atom stereocenters. The van der Waals surface area contributed by atoms with Gasteiger partial charge in [0.05, 0.1) is 6.10 Å². The van der Waals surface area contributed by atoms with E-state index in [-0.39, 0.29) is 0 Å². The zero-order valence-electron chi connectivity index (χ0n) is 12.1. The topological polar surface area (TPSA) is 9.23 Å². The van der Waals surface area contributed by atoms with Crippen LogP contribution in [0.1, 0.15) is 52.9 Å². The Kier molecular flexibility index (Phi) is 3.75. The second-order valence-corrected chi connectivity index (χ2v) is 13.5. The Balaban J connectivity index is 2.08. The quantitative estimate of drug-likeness (QED) is 0.666. The SMILES string of the molecule is CC(C)(C)[Si](C)(C)O[C@@H]1CCC[C@]12CCCS2. The maximum Gasteiger partial charge on any atom is 0.192 e. The molecule has 1 nitrogen and oxygen atoms in total. The van der Waals surface area contributed by atoms with Gasteiger partial charge in [-0.25, -0.2) is 0 Å². The number of rotatable bonds is 2. The highest BCUT2D eigenvalue weighted by atomic mass is 32.2. The van der Waals surface area contributed by atoms with Crippen LogP contribution >= 0.6 is 11.8 Å². The van der Waals surface area contributed by atoms with Crippen LogP contribution in [-0.2, 0) is 4.43 Å². The minimum absolute atomic E-state index is 0.347. The molecule has 2 atom stereocenters. The van der Waals surface area contributed by atoms with Crippen LogP contribution in [0.3, 0.4) is 0 Å². The highest BCUT2D eigenvalue weighted by Crippen LogP contribution is 2.52. The van der Waals surface area contributed by atoms with Crippen LogP contribution in [-0.4, -0.2) is 24.9 Å². The minimum atomic E-state index is -1.58. The molecule has 1 saturated carbocycles. The zero-order chi connectivity index (χ0) is 12.7. The number of hydrogen-bond acceptors (Lipinski definition) is 2. The van der Waals surface area contributed by atoms with Crippen molar-refractivity contribution < 1.29 is 4.43 Å². The minimum Gasteiger partial charge on any atom is -0.413 e. The van der Waals surface area contributed by atoms with E-state index in [1.165, 1.54) is 37.9 Å². The first-order valence-corrected chi connectivity index (χ1v) is 11.0. The van der Waals surface area contributed by atoms with Gasteiger partial charge in [-0.15, -0.1) is 0 Å². The van der Waals surface area contributed by atoms with E-state index in [4.69, 9.17) is 4.43 Å². The zero-order valence-corrected chi connectivity index (χ0v) is 14.0. The third-order valence-electron chi connectivity index (χ3n) is 5.03. The Morgan fingerprint density at radius 2 is 1.82 bits per heavy atom. The summed E-state index contributed by atoms with van der Waals surface area (Å²) < 4.78 is 7.23. The van der Waals surface area contributed by atoms with Gasteiger partial charge in [0.2, 0.25) is 0 Å². The molecule has 0 aromatic rings. The molecule has 3 heteroatoms. The maximum absolute atomic E-state index is 6.72. The van der Waals surface area contributed by atoms with Crippen LogP contribution in [0, 0.1) is 0 Å². The van der Waals surface area contributed by atoms with Crippen LogP contribution in [0.25, 0.3) is 0 Å². The highest BCUT2D eigenvalue weighted by Gasteiger charge is 2.50. The lowest BCUT2D eigenvalue weighted by Crippen LogP contribution is -2.48. The van der Waals surface area contributed by atoms with E-state index in [2.05, 4.69) is 45.6 Å². The van der Waals surface area contributed by atoms with Crippen molar-refractivity contribution in [2.75, 3.05) is 5.75 Å². The maximum atomic E-state index is 6.72. The lowest BCUT2D eigenvalue weighted by atomic mass is 9.99. The van der Waals surface area contributed by atoms with Crippen LogP contribution in [0.15, 0.2) is 0 Å². The normalized spacial score (nSPS) is 34.8. The van der Waals surface area contributed by atoms with Crippen molar-refractivity contribution in [1.82, 2.24) is 0 Å². The van der Waals surface area contributed by atoms with E-state index in [1.54, 1.807) is 0 Å². The average molecular weight is 273 g/mol. The van der Waals surface area contributed by atoms with Crippen LogP contribution < -0.4 is 0 Å². The van der Waals surface area contributed by atoms with Crippen LogP contribution in [0.5, 0.6) is 0 Å². The molecule has 0 N–H and O–H groups in total. The molecule has 0 amide bonds. The lowest BCUT2D eigenvalue weighted by molar-refractivity contribution is 0.155. The van der Waals surface area contributed by atoms with Gasteiger partial charge in [-0.3, -0.25) is 0 Å². The van der Waals surface area contributed by atoms with Crippen LogP contribution in [0.4, 0.5) is 0 Å². The standard InChI is InChI=1S/C14H28OSSi/c1-13(2,3)17(4,5)15-12-8-6-9-14(12)10-7-11-16-14/h12H,6-11H2,1-5H3/t12-,14+/m1/s1. The fourth-order valence-corrected chi connectivity index (χ4v) is 6.00. The molecule has 2 aliphatic rings. The molecule has 0 aromatic heterocycles. The fourth-order valence-electron chi connectivity index (χ4n) is 2.88. The molecule has 17 heavy (non-hydrogen) atoms. The molecule has 100 valence electrons. The third kappa shape index (κ3) is 2.61. The van der Waals surface area contributed by atoms with E-state index in [9.17, 15) is 0 Å². The van der Waals surface area contributed by atoms with Crippen molar-refractivity contribution in [3.63, 3.8) is 0 Å². The Hall–Kier alpha value is 0.527. The molecule has 1 spiro atoms. The molecule has 2 rings (SSSR count). The van der Waals surface area contributed by atoms with E-state index in [0.717, 1.165) is 0 Å². The Bertz CT molecular complexity index is 271. The Morgan fingerprint density at radius 1 is 1.18 bits per heavy atom. The Labute approximate surface area is 112 Å². The summed E-state index contributed by atoms with van der Waals surface area (Å²) >= 11 is 2.21. The first kappa shape index (κ1) is 13.9. The van der Waals surface area contributed by atoms with Crippen molar-refractivity contribution in [2.24, 2.45) is 0 Å². The predicted molar refractivity (Wildman–Crippen MR) is 80.3 cm³/mol. The van der Waals surface area contributed by atoms with Gasteiger partial charge >= 0.3 is 0 Å². The second-order valence-electron chi connectivity index (χ2n) is 7.28. The molecule has 1 saturated heterocycles. The van der Waals surface area contributed by atoms with Gasteiger partial charge in [-0.2, -0.15) is 11.8 Å². The average Bonchev–Trinajstić information content (AvgIpc) is 2.77. The monoisotopic (exact) mass is 272 g/mol. The van der Waals surface area contributed by atoms with Crippen molar-refractivity contribution in [3.05, 3.63) is 0 Å². The summed E-state index contributed by atoms with van der Waals surface area (Å²) in [5.41, 5.74) is 0. The summed E-state index contributed by atoms with van der Waals surface area (Å²) in [4.78, 5) is 0. The second kappa shape index (κ2) is 4.57. The van der Waals surface area contributed by atoms with Gasteiger partial charge < -0.3 is 4.43 Å². The van der Waals surface area contributed by atoms with E-state index in [0.29, 0.717) is 15.9 Å². The van der Waals surface area contributed by atoms with Gasteiger partial charge in [0.25, 0.3) is 0 Å². The molecule has 0 radical (unpaired) electrons. The van der Waals surface area contributed by atoms with Crippen LogP contribution in [0.2, 0.25) is 18.1 Å². The molecule has 0 aromatic carbocycles. The van der Waals surface area contributed by atoms with Gasteiger partial charge in [0.1, 0.15) is 0 Å². The van der Waals surface area contributed by atoms with Crippen molar-refractivity contribution in [2.45, 2.75) is 81.9 Å². The molecule has 1 aliphatic heterocycles. The molecule has 1 heterocycles. The van der Waals surface area contributed by atoms with Crippen molar-refractivity contribution >= 4 is 20.1 Å². The predicted octanol–water partition coefficient (Wildman–Crippen LogP) is 4.83. The van der Waals surface area contributed by atoms with E-state index < -0.39 is 8.32 Å². The first-order chi connectivity index (χ1) is 7.77. The first-order valence-electron chi connectivity index (χ1n) is 7.09. The van der Waals surface area contributed by atoms with Gasteiger partial charge in [0.15, 0.2) is 8.32 Å². The molecular weight excluding hydrogens is 244 g/mol. The molecular formula is C14H28OSSi. The molecule has 0 bridgehead atoms. The molecule has 2 fully saturated rings. The van der Waals surface area contributed by atoms with Gasteiger partial charge in [-0.05, 0) is 56.0 Å².